The third kappa shape index (κ3) is 1.84. The van der Waals surface area contributed by atoms with Gasteiger partial charge in [0.05, 0.1) is 12.7 Å². The Morgan fingerprint density at radius 1 is 1.33 bits per heavy atom. The Balaban J connectivity index is 2.42. The molecular weight excluding hydrogens is 195 g/mol. The molecule has 0 heterocycles. The van der Waals surface area contributed by atoms with Crippen molar-refractivity contribution >= 4 is 0 Å². The van der Waals surface area contributed by atoms with Crippen LogP contribution in [-0.2, 0) is 5.60 Å². The Labute approximate surface area is 88.7 Å². The van der Waals surface area contributed by atoms with Gasteiger partial charge >= 0.3 is 0 Å². The topological polar surface area (TPSA) is 29.5 Å². The van der Waals surface area contributed by atoms with Crippen molar-refractivity contribution in [1.82, 2.24) is 0 Å². The summed E-state index contributed by atoms with van der Waals surface area (Å²) in [6, 6.07) is 4.32. The van der Waals surface area contributed by atoms with Crippen LogP contribution >= 0.6 is 0 Å². The summed E-state index contributed by atoms with van der Waals surface area (Å²) in [6.45, 7) is 0. The van der Waals surface area contributed by atoms with Gasteiger partial charge in [-0.25, -0.2) is 4.39 Å². The number of rotatable bonds is 2. The maximum absolute atomic E-state index is 13.0. The zero-order chi connectivity index (χ0) is 10.9. The van der Waals surface area contributed by atoms with Crippen LogP contribution in [0.25, 0.3) is 0 Å². The molecule has 0 saturated heterocycles. The molecule has 1 fully saturated rings. The quantitative estimate of drug-likeness (QED) is 0.813. The van der Waals surface area contributed by atoms with Crippen LogP contribution in [0, 0.1) is 5.82 Å². The molecule has 82 valence electrons. The molecule has 0 amide bonds. The number of hydrogen-bond acceptors (Lipinski definition) is 2. The number of halogens is 1. The van der Waals surface area contributed by atoms with Gasteiger partial charge in [0.1, 0.15) is 11.6 Å². The average molecular weight is 210 g/mol. The van der Waals surface area contributed by atoms with E-state index in [-0.39, 0.29) is 5.82 Å². The molecule has 0 spiro atoms. The van der Waals surface area contributed by atoms with Crippen LogP contribution in [0.2, 0.25) is 0 Å². The van der Waals surface area contributed by atoms with E-state index in [1.165, 1.54) is 19.2 Å². The van der Waals surface area contributed by atoms with E-state index in [0.717, 1.165) is 25.7 Å². The number of methoxy groups -OCH3 is 1. The summed E-state index contributed by atoms with van der Waals surface area (Å²) in [5, 5.41) is 10.4. The highest BCUT2D eigenvalue weighted by Crippen LogP contribution is 2.42. The molecule has 0 radical (unpaired) electrons. The average Bonchev–Trinajstić information content (AvgIpc) is 2.66. The molecular formula is C12H15FO2. The lowest BCUT2D eigenvalue weighted by Gasteiger charge is -2.24. The van der Waals surface area contributed by atoms with E-state index in [2.05, 4.69) is 0 Å². The summed E-state index contributed by atoms with van der Waals surface area (Å²) < 4.78 is 18.1. The molecule has 2 nitrogen and oxygen atoms in total. The van der Waals surface area contributed by atoms with Crippen molar-refractivity contribution in [2.75, 3.05) is 7.11 Å². The number of ether oxygens (including phenoxy) is 1. The molecule has 0 unspecified atom stereocenters. The van der Waals surface area contributed by atoms with Crippen LogP contribution in [0.5, 0.6) is 5.75 Å². The predicted octanol–water partition coefficient (Wildman–Crippen LogP) is 2.60. The second-order valence-corrected chi connectivity index (χ2v) is 4.08. The fraction of sp³-hybridized carbons (Fsp3) is 0.500. The van der Waals surface area contributed by atoms with E-state index in [0.29, 0.717) is 11.3 Å². The van der Waals surface area contributed by atoms with Crippen molar-refractivity contribution in [3.8, 4) is 5.75 Å². The lowest BCUT2D eigenvalue weighted by atomic mass is 9.91. The molecule has 0 aromatic heterocycles. The summed E-state index contributed by atoms with van der Waals surface area (Å²) >= 11 is 0. The highest BCUT2D eigenvalue weighted by Gasteiger charge is 2.35. The first kappa shape index (κ1) is 10.4. The summed E-state index contributed by atoms with van der Waals surface area (Å²) in [6.07, 6.45) is 3.48. The minimum Gasteiger partial charge on any atom is -0.496 e. The molecule has 3 heteroatoms. The maximum Gasteiger partial charge on any atom is 0.127 e. The number of aliphatic hydroxyl groups is 1. The van der Waals surface area contributed by atoms with Gasteiger partial charge in [0.25, 0.3) is 0 Å². The predicted molar refractivity (Wildman–Crippen MR) is 55.3 cm³/mol. The molecule has 1 aromatic carbocycles. The van der Waals surface area contributed by atoms with Crippen LogP contribution in [0.15, 0.2) is 18.2 Å². The summed E-state index contributed by atoms with van der Waals surface area (Å²) in [5.74, 6) is 0.108. The van der Waals surface area contributed by atoms with Crippen molar-refractivity contribution < 1.29 is 14.2 Å². The number of benzene rings is 1. The first-order valence-corrected chi connectivity index (χ1v) is 5.22. The second-order valence-electron chi connectivity index (χ2n) is 4.08. The lowest BCUT2D eigenvalue weighted by molar-refractivity contribution is 0.0419. The molecule has 0 atom stereocenters. The highest BCUT2D eigenvalue weighted by molar-refractivity contribution is 5.39. The van der Waals surface area contributed by atoms with Gasteiger partial charge in [-0.05, 0) is 25.0 Å². The van der Waals surface area contributed by atoms with Crippen LogP contribution in [0.1, 0.15) is 31.2 Å². The number of hydrogen-bond donors (Lipinski definition) is 1. The van der Waals surface area contributed by atoms with Gasteiger partial charge in [-0.2, -0.15) is 0 Å². The van der Waals surface area contributed by atoms with E-state index < -0.39 is 5.60 Å². The van der Waals surface area contributed by atoms with Crippen molar-refractivity contribution in [1.29, 1.82) is 0 Å². The Morgan fingerprint density at radius 3 is 2.60 bits per heavy atom. The van der Waals surface area contributed by atoms with Crippen molar-refractivity contribution in [2.24, 2.45) is 0 Å². The van der Waals surface area contributed by atoms with Gasteiger partial charge in [-0.3, -0.25) is 0 Å². The van der Waals surface area contributed by atoms with Crippen molar-refractivity contribution in [3.63, 3.8) is 0 Å². The van der Waals surface area contributed by atoms with E-state index >= 15 is 0 Å². The SMILES string of the molecule is COc1cc(F)ccc1C1(O)CCCC1. The van der Waals surface area contributed by atoms with Crippen molar-refractivity contribution in [2.45, 2.75) is 31.3 Å². The zero-order valence-electron chi connectivity index (χ0n) is 8.79. The molecule has 15 heavy (non-hydrogen) atoms. The van der Waals surface area contributed by atoms with Gasteiger partial charge in [-0.15, -0.1) is 0 Å². The minimum absolute atomic E-state index is 0.336. The smallest absolute Gasteiger partial charge is 0.127 e. The normalized spacial score (nSPS) is 19.1. The third-order valence-corrected chi connectivity index (χ3v) is 3.10. The van der Waals surface area contributed by atoms with Crippen LogP contribution < -0.4 is 4.74 Å². The highest BCUT2D eigenvalue weighted by atomic mass is 19.1. The van der Waals surface area contributed by atoms with Crippen molar-refractivity contribution in [3.05, 3.63) is 29.6 Å². The van der Waals surface area contributed by atoms with Gasteiger partial charge < -0.3 is 9.84 Å². The Hall–Kier alpha value is -1.09. The fourth-order valence-electron chi connectivity index (χ4n) is 2.28. The Morgan fingerprint density at radius 2 is 2.00 bits per heavy atom. The molecule has 1 aliphatic carbocycles. The van der Waals surface area contributed by atoms with E-state index in [9.17, 15) is 9.50 Å². The van der Waals surface area contributed by atoms with Crippen LogP contribution in [0.3, 0.4) is 0 Å². The van der Waals surface area contributed by atoms with Gasteiger partial charge in [0, 0.05) is 11.6 Å². The van der Waals surface area contributed by atoms with E-state index in [1.54, 1.807) is 6.07 Å². The summed E-state index contributed by atoms with van der Waals surface area (Å²) in [5.41, 5.74) is -0.108. The molecule has 2 rings (SSSR count). The van der Waals surface area contributed by atoms with Gasteiger partial charge in [0.15, 0.2) is 0 Å². The zero-order valence-corrected chi connectivity index (χ0v) is 8.79. The first-order chi connectivity index (χ1) is 7.15. The molecule has 0 bridgehead atoms. The minimum atomic E-state index is -0.820. The second kappa shape index (κ2) is 3.81. The van der Waals surface area contributed by atoms with Crippen LogP contribution in [0.4, 0.5) is 4.39 Å². The monoisotopic (exact) mass is 210 g/mol. The Kier molecular flexibility index (Phi) is 2.65. The fourth-order valence-corrected chi connectivity index (χ4v) is 2.28. The van der Waals surface area contributed by atoms with E-state index in [1.807, 2.05) is 0 Å². The standard InChI is InChI=1S/C12H15FO2/c1-15-11-8-9(13)4-5-10(11)12(14)6-2-3-7-12/h4-5,8,14H,2-3,6-7H2,1H3. The molecule has 0 aliphatic heterocycles. The summed E-state index contributed by atoms with van der Waals surface area (Å²) in [7, 11) is 1.50. The molecule has 1 N–H and O–H groups in total. The Bertz CT molecular complexity index is 357. The van der Waals surface area contributed by atoms with Crippen LogP contribution in [-0.4, -0.2) is 12.2 Å². The van der Waals surface area contributed by atoms with Gasteiger partial charge in [0.2, 0.25) is 0 Å². The third-order valence-electron chi connectivity index (χ3n) is 3.10. The molecule has 1 aliphatic rings. The van der Waals surface area contributed by atoms with E-state index in [4.69, 9.17) is 4.74 Å². The van der Waals surface area contributed by atoms with Gasteiger partial charge in [-0.1, -0.05) is 12.8 Å². The largest absolute Gasteiger partial charge is 0.496 e. The first-order valence-electron chi connectivity index (χ1n) is 5.22. The lowest BCUT2D eigenvalue weighted by Crippen LogP contribution is -2.21. The summed E-state index contributed by atoms with van der Waals surface area (Å²) in [4.78, 5) is 0. The molecule has 1 saturated carbocycles. The maximum atomic E-state index is 13.0. The molecule has 1 aromatic rings.